The zero-order valence-electron chi connectivity index (χ0n) is 9.92. The number of hydrogen-bond donors (Lipinski definition) is 1. The van der Waals surface area contributed by atoms with Crippen LogP contribution in [0.5, 0.6) is 0 Å². The van der Waals surface area contributed by atoms with Gasteiger partial charge in [-0.25, -0.2) is 8.78 Å². The second kappa shape index (κ2) is 6.80. The molecule has 0 spiro atoms. The van der Waals surface area contributed by atoms with E-state index in [9.17, 15) is 13.6 Å². The highest BCUT2D eigenvalue weighted by atomic mass is 79.9. The average Bonchev–Trinajstić information content (AvgIpc) is 2.28. The zero-order chi connectivity index (χ0) is 13.7. The summed E-state index contributed by atoms with van der Waals surface area (Å²) in [5.41, 5.74) is -0.557. The first-order chi connectivity index (χ1) is 8.51. The lowest BCUT2D eigenvalue weighted by atomic mass is 10.1. The molecule has 3 nitrogen and oxygen atoms in total. The van der Waals surface area contributed by atoms with Crippen LogP contribution in [-0.2, 0) is 0 Å². The van der Waals surface area contributed by atoms with Crippen LogP contribution in [0.3, 0.4) is 0 Å². The number of rotatable bonds is 5. The number of hydrogen-bond acceptors (Lipinski definition) is 2. The van der Waals surface area contributed by atoms with E-state index in [1.807, 2.05) is 0 Å². The highest BCUT2D eigenvalue weighted by Gasteiger charge is 2.22. The van der Waals surface area contributed by atoms with Crippen molar-refractivity contribution in [2.24, 2.45) is 0 Å². The maximum absolute atomic E-state index is 13.6. The predicted molar refractivity (Wildman–Crippen MR) is 67.3 cm³/mol. The number of halogens is 3. The minimum atomic E-state index is -0.894. The molecule has 0 atom stereocenters. The van der Waals surface area contributed by atoms with Crippen molar-refractivity contribution in [1.29, 1.82) is 0 Å². The van der Waals surface area contributed by atoms with Gasteiger partial charge in [0.05, 0.1) is 0 Å². The molecular formula is C12H14BrF2NO2. The number of carbonyl (C=O) groups excluding carboxylic acids is 1. The normalized spacial score (nSPS) is 10.5. The van der Waals surface area contributed by atoms with E-state index in [-0.39, 0.29) is 17.6 Å². The molecule has 0 unspecified atom stereocenters. The lowest BCUT2D eigenvalue weighted by Crippen LogP contribution is -2.33. The fraction of sp³-hybridized carbons (Fsp3) is 0.417. The molecule has 0 fully saturated rings. The first-order valence-electron chi connectivity index (χ1n) is 5.56. The Labute approximate surface area is 113 Å². The van der Waals surface area contributed by atoms with E-state index in [4.69, 9.17) is 5.11 Å². The predicted octanol–water partition coefficient (Wildman–Crippen LogP) is 2.57. The van der Waals surface area contributed by atoms with Crippen molar-refractivity contribution in [3.05, 3.63) is 33.8 Å². The summed E-state index contributed by atoms with van der Waals surface area (Å²) in [4.78, 5) is 13.3. The quantitative estimate of drug-likeness (QED) is 0.905. The third-order valence-corrected chi connectivity index (χ3v) is 2.93. The first-order valence-corrected chi connectivity index (χ1v) is 6.35. The largest absolute Gasteiger partial charge is 0.396 e. The van der Waals surface area contributed by atoms with E-state index in [1.54, 1.807) is 6.92 Å². The summed E-state index contributed by atoms with van der Waals surface area (Å²) < 4.78 is 27.5. The molecule has 0 radical (unpaired) electrons. The highest BCUT2D eigenvalue weighted by molar-refractivity contribution is 9.10. The van der Waals surface area contributed by atoms with Gasteiger partial charge < -0.3 is 10.0 Å². The van der Waals surface area contributed by atoms with Crippen LogP contribution in [0.15, 0.2) is 16.6 Å². The van der Waals surface area contributed by atoms with E-state index in [0.29, 0.717) is 13.0 Å². The molecule has 0 aromatic heterocycles. The van der Waals surface area contributed by atoms with E-state index < -0.39 is 23.1 Å². The van der Waals surface area contributed by atoms with Crippen molar-refractivity contribution in [3.63, 3.8) is 0 Å². The van der Waals surface area contributed by atoms with Crippen LogP contribution < -0.4 is 0 Å². The second-order valence-electron chi connectivity index (χ2n) is 3.71. The lowest BCUT2D eigenvalue weighted by molar-refractivity contribution is 0.0744. The van der Waals surface area contributed by atoms with Crippen LogP contribution in [0.4, 0.5) is 8.78 Å². The molecule has 0 aliphatic rings. The van der Waals surface area contributed by atoms with Crippen LogP contribution in [0.25, 0.3) is 0 Å². The molecule has 0 aliphatic heterocycles. The van der Waals surface area contributed by atoms with Gasteiger partial charge in [0, 0.05) is 24.2 Å². The molecule has 0 saturated carbocycles. The third kappa shape index (κ3) is 3.49. The Balaban J connectivity index is 3.01. The Morgan fingerprint density at radius 2 is 1.94 bits per heavy atom. The Bertz CT molecular complexity index is 417. The first kappa shape index (κ1) is 15.0. The third-order valence-electron chi connectivity index (χ3n) is 2.48. The van der Waals surface area contributed by atoms with Crippen LogP contribution >= 0.6 is 15.9 Å². The van der Waals surface area contributed by atoms with Gasteiger partial charge in [-0.2, -0.15) is 0 Å². The molecule has 18 heavy (non-hydrogen) atoms. The van der Waals surface area contributed by atoms with Crippen molar-refractivity contribution < 1.29 is 18.7 Å². The van der Waals surface area contributed by atoms with Crippen molar-refractivity contribution in [2.75, 3.05) is 19.7 Å². The molecule has 0 aliphatic carbocycles. The van der Waals surface area contributed by atoms with Crippen LogP contribution in [-0.4, -0.2) is 35.6 Å². The van der Waals surface area contributed by atoms with Crippen molar-refractivity contribution in [3.8, 4) is 0 Å². The molecule has 0 bridgehead atoms. The minimum absolute atomic E-state index is 0.0743. The lowest BCUT2D eigenvalue weighted by Gasteiger charge is -2.21. The van der Waals surface area contributed by atoms with Crippen LogP contribution in [0.1, 0.15) is 23.7 Å². The fourth-order valence-electron chi connectivity index (χ4n) is 1.57. The number of nitrogens with zero attached hydrogens (tertiary/aromatic N) is 1. The molecule has 0 heterocycles. The van der Waals surface area contributed by atoms with E-state index in [1.165, 1.54) is 4.90 Å². The number of benzene rings is 1. The van der Waals surface area contributed by atoms with Gasteiger partial charge in [0.25, 0.3) is 5.91 Å². The summed E-state index contributed by atoms with van der Waals surface area (Å²) in [6.07, 6.45) is 0.374. The Hall–Kier alpha value is -1.01. The molecule has 100 valence electrons. The number of amides is 1. The number of carbonyl (C=O) groups is 1. The molecular weight excluding hydrogens is 308 g/mol. The average molecular weight is 322 g/mol. The summed E-state index contributed by atoms with van der Waals surface area (Å²) in [5, 5.41) is 8.72. The summed E-state index contributed by atoms with van der Waals surface area (Å²) in [6, 6.07) is 2.10. The molecule has 0 saturated heterocycles. The standard InChI is InChI=1S/C12H14BrF2NO2/c1-2-16(4-3-5-17)12(18)11-9(14)6-8(13)7-10(11)15/h6-7,17H,2-5H2,1H3. The SMILES string of the molecule is CCN(CCCO)C(=O)c1c(F)cc(Br)cc1F. The van der Waals surface area contributed by atoms with Gasteiger partial charge in [0.1, 0.15) is 17.2 Å². The monoisotopic (exact) mass is 321 g/mol. The maximum Gasteiger partial charge on any atom is 0.259 e. The Morgan fingerprint density at radius 3 is 2.39 bits per heavy atom. The molecule has 6 heteroatoms. The summed E-state index contributed by atoms with van der Waals surface area (Å²) in [5.74, 6) is -2.49. The molecule has 1 aromatic carbocycles. The van der Waals surface area contributed by atoms with Crippen LogP contribution in [0, 0.1) is 11.6 Å². The van der Waals surface area contributed by atoms with Crippen molar-refractivity contribution in [2.45, 2.75) is 13.3 Å². The van der Waals surface area contributed by atoms with Gasteiger partial charge in [-0.15, -0.1) is 0 Å². The van der Waals surface area contributed by atoms with E-state index >= 15 is 0 Å². The summed E-state index contributed by atoms with van der Waals surface area (Å²) in [6.45, 7) is 2.23. The van der Waals surface area contributed by atoms with Gasteiger partial charge >= 0.3 is 0 Å². The Morgan fingerprint density at radius 1 is 1.39 bits per heavy atom. The molecule has 1 aromatic rings. The van der Waals surface area contributed by atoms with E-state index in [2.05, 4.69) is 15.9 Å². The zero-order valence-corrected chi connectivity index (χ0v) is 11.5. The van der Waals surface area contributed by atoms with Crippen molar-refractivity contribution >= 4 is 21.8 Å². The van der Waals surface area contributed by atoms with Gasteiger partial charge in [-0.3, -0.25) is 4.79 Å². The maximum atomic E-state index is 13.6. The topological polar surface area (TPSA) is 40.5 Å². The fourth-order valence-corrected chi connectivity index (χ4v) is 1.97. The summed E-state index contributed by atoms with van der Waals surface area (Å²) in [7, 11) is 0. The highest BCUT2D eigenvalue weighted by Crippen LogP contribution is 2.21. The summed E-state index contributed by atoms with van der Waals surface area (Å²) >= 11 is 2.95. The van der Waals surface area contributed by atoms with Crippen LogP contribution in [0.2, 0.25) is 0 Å². The van der Waals surface area contributed by atoms with Gasteiger partial charge in [0.15, 0.2) is 0 Å². The number of aliphatic hydroxyl groups is 1. The van der Waals surface area contributed by atoms with Gasteiger partial charge in [0.2, 0.25) is 0 Å². The molecule has 1 N–H and O–H groups in total. The molecule has 1 amide bonds. The molecule has 1 rings (SSSR count). The second-order valence-corrected chi connectivity index (χ2v) is 4.62. The van der Waals surface area contributed by atoms with Gasteiger partial charge in [-0.05, 0) is 25.5 Å². The smallest absolute Gasteiger partial charge is 0.259 e. The number of aliphatic hydroxyl groups excluding tert-OH is 1. The Kier molecular flexibility index (Phi) is 5.68. The minimum Gasteiger partial charge on any atom is -0.396 e. The van der Waals surface area contributed by atoms with E-state index in [0.717, 1.165) is 12.1 Å². The van der Waals surface area contributed by atoms with Gasteiger partial charge in [-0.1, -0.05) is 15.9 Å². The van der Waals surface area contributed by atoms with Crippen molar-refractivity contribution in [1.82, 2.24) is 4.90 Å².